The predicted molar refractivity (Wildman–Crippen MR) is 111 cm³/mol. The molecule has 4 rings (SSSR count). The third kappa shape index (κ3) is 4.00. The van der Waals surface area contributed by atoms with Crippen molar-refractivity contribution in [1.82, 2.24) is 9.80 Å². The van der Waals surface area contributed by atoms with Crippen LogP contribution in [0.1, 0.15) is 69.1 Å². The number of hydrogen-bond donors (Lipinski definition) is 0. The summed E-state index contributed by atoms with van der Waals surface area (Å²) in [6.45, 7) is 7.42. The molecule has 2 heterocycles. The number of fused-ring (bicyclic) bond motifs is 1. The Kier molecular flexibility index (Phi) is 5.90. The molecule has 1 aromatic carbocycles. The van der Waals surface area contributed by atoms with Crippen LogP contribution in [0.25, 0.3) is 0 Å². The lowest BCUT2D eigenvalue weighted by atomic mass is 9.73. The van der Waals surface area contributed by atoms with Crippen molar-refractivity contribution in [3.63, 3.8) is 0 Å². The molecular formula is C24H33F3N2O. The molecule has 0 radical (unpaired) electrons. The molecule has 2 atom stereocenters. The highest BCUT2D eigenvalue weighted by atomic mass is 19.4. The first-order valence-electron chi connectivity index (χ1n) is 11.4. The zero-order chi connectivity index (χ0) is 21.5. The molecule has 0 bridgehead atoms. The molecule has 0 aromatic heterocycles. The molecule has 1 amide bonds. The van der Waals surface area contributed by atoms with Crippen molar-refractivity contribution >= 4 is 5.91 Å². The number of rotatable bonds is 3. The first-order chi connectivity index (χ1) is 14.2. The number of amides is 1. The van der Waals surface area contributed by atoms with E-state index in [0.717, 1.165) is 44.0 Å². The Morgan fingerprint density at radius 2 is 1.83 bits per heavy atom. The molecule has 1 saturated carbocycles. The van der Waals surface area contributed by atoms with Crippen LogP contribution in [0.15, 0.2) is 18.2 Å². The summed E-state index contributed by atoms with van der Waals surface area (Å²) in [7, 11) is 0. The highest BCUT2D eigenvalue weighted by Crippen LogP contribution is 2.48. The van der Waals surface area contributed by atoms with Crippen molar-refractivity contribution in [1.29, 1.82) is 0 Å². The quantitative estimate of drug-likeness (QED) is 0.662. The molecule has 30 heavy (non-hydrogen) atoms. The number of hydrogen-bond acceptors (Lipinski definition) is 2. The molecule has 2 aliphatic heterocycles. The normalized spacial score (nSPS) is 28.1. The first kappa shape index (κ1) is 21.7. The second-order valence-corrected chi connectivity index (χ2v) is 9.76. The maximum absolute atomic E-state index is 13.8. The van der Waals surface area contributed by atoms with Crippen LogP contribution < -0.4 is 0 Å². The van der Waals surface area contributed by atoms with Gasteiger partial charge in [-0.05, 0) is 80.8 Å². The van der Waals surface area contributed by atoms with Crippen LogP contribution in [0.2, 0.25) is 0 Å². The predicted octanol–water partition coefficient (Wildman–Crippen LogP) is 5.27. The van der Waals surface area contributed by atoms with Gasteiger partial charge >= 0.3 is 6.18 Å². The maximum Gasteiger partial charge on any atom is 0.416 e. The molecule has 1 aliphatic carbocycles. The second kappa shape index (κ2) is 8.18. The lowest BCUT2D eigenvalue weighted by molar-refractivity contribution is -0.146. The van der Waals surface area contributed by atoms with Crippen LogP contribution in [0.4, 0.5) is 13.2 Å². The summed E-state index contributed by atoms with van der Waals surface area (Å²) < 4.78 is 39.5. The lowest BCUT2D eigenvalue weighted by Gasteiger charge is -2.40. The summed E-state index contributed by atoms with van der Waals surface area (Å²) >= 11 is 0. The summed E-state index contributed by atoms with van der Waals surface area (Å²) in [4.78, 5) is 18.2. The minimum absolute atomic E-state index is 0.153. The zero-order valence-corrected chi connectivity index (χ0v) is 18.1. The highest BCUT2D eigenvalue weighted by molar-refractivity contribution is 5.84. The zero-order valence-electron chi connectivity index (χ0n) is 18.1. The van der Waals surface area contributed by atoms with Crippen LogP contribution in [0.5, 0.6) is 0 Å². The number of carbonyl (C=O) groups excluding carboxylic acids is 1. The average molecular weight is 423 g/mol. The standard InChI is InChI=1S/C24H33F3N2O/c1-17(2)23(10-8-21(15-23)28-11-4-3-5-12-28)22(30)29-13-9-18-6-7-20(24(25,26)27)14-19(18)16-29/h6-7,14,17,21H,3-5,8-13,15-16H2,1-2H3. The largest absolute Gasteiger partial charge is 0.416 e. The number of carbonyl (C=O) groups is 1. The van der Waals surface area contributed by atoms with Gasteiger partial charge in [0.05, 0.1) is 11.0 Å². The Morgan fingerprint density at radius 3 is 2.50 bits per heavy atom. The topological polar surface area (TPSA) is 23.6 Å². The van der Waals surface area contributed by atoms with Crippen molar-refractivity contribution in [3.8, 4) is 0 Å². The van der Waals surface area contributed by atoms with Crippen LogP contribution in [-0.4, -0.2) is 41.4 Å². The summed E-state index contributed by atoms with van der Waals surface area (Å²) in [5, 5.41) is 0. The number of halogens is 3. The van der Waals surface area contributed by atoms with Crippen molar-refractivity contribution < 1.29 is 18.0 Å². The van der Waals surface area contributed by atoms with Gasteiger partial charge in [0, 0.05) is 19.1 Å². The van der Waals surface area contributed by atoms with E-state index in [1.54, 1.807) is 6.07 Å². The molecule has 2 fully saturated rings. The minimum Gasteiger partial charge on any atom is -0.338 e. The summed E-state index contributed by atoms with van der Waals surface area (Å²) in [6, 6.07) is 4.44. The molecule has 1 aromatic rings. The third-order valence-corrected chi connectivity index (χ3v) is 7.79. The highest BCUT2D eigenvalue weighted by Gasteiger charge is 2.50. The van der Waals surface area contributed by atoms with Gasteiger partial charge in [0.1, 0.15) is 0 Å². The Balaban J connectivity index is 1.52. The molecule has 0 N–H and O–H groups in total. The van der Waals surface area contributed by atoms with E-state index in [4.69, 9.17) is 0 Å². The summed E-state index contributed by atoms with van der Waals surface area (Å²) in [5.74, 6) is 0.378. The van der Waals surface area contributed by atoms with E-state index in [1.165, 1.54) is 25.3 Å². The fraction of sp³-hybridized carbons (Fsp3) is 0.708. The number of likely N-dealkylation sites (tertiary alicyclic amines) is 1. The van der Waals surface area contributed by atoms with E-state index >= 15 is 0 Å². The molecule has 6 heteroatoms. The van der Waals surface area contributed by atoms with Crippen LogP contribution in [0.3, 0.4) is 0 Å². The number of nitrogens with zero attached hydrogens (tertiary/aromatic N) is 2. The minimum atomic E-state index is -4.35. The molecule has 3 nitrogen and oxygen atoms in total. The van der Waals surface area contributed by atoms with Gasteiger partial charge in [0.25, 0.3) is 0 Å². The lowest BCUT2D eigenvalue weighted by Crippen LogP contribution is -2.48. The maximum atomic E-state index is 13.8. The fourth-order valence-electron chi connectivity index (χ4n) is 5.83. The monoisotopic (exact) mass is 422 g/mol. The van der Waals surface area contributed by atoms with Crippen molar-refractivity contribution in [3.05, 3.63) is 34.9 Å². The van der Waals surface area contributed by atoms with E-state index in [1.807, 2.05) is 4.90 Å². The summed E-state index contributed by atoms with van der Waals surface area (Å²) in [5.41, 5.74) is 0.568. The number of alkyl halides is 3. The Hall–Kier alpha value is -1.56. The van der Waals surface area contributed by atoms with Gasteiger partial charge in [-0.1, -0.05) is 26.3 Å². The SMILES string of the molecule is CC(C)C1(C(=O)N2CCc3ccc(C(F)(F)F)cc3C2)CCC(N2CCCCC2)C1. The number of benzene rings is 1. The molecule has 0 spiro atoms. The second-order valence-electron chi connectivity index (χ2n) is 9.76. The Morgan fingerprint density at radius 1 is 1.10 bits per heavy atom. The van der Waals surface area contributed by atoms with E-state index in [9.17, 15) is 18.0 Å². The smallest absolute Gasteiger partial charge is 0.338 e. The fourth-order valence-corrected chi connectivity index (χ4v) is 5.83. The van der Waals surface area contributed by atoms with Gasteiger partial charge in [-0.15, -0.1) is 0 Å². The van der Waals surface area contributed by atoms with Crippen molar-refractivity contribution in [2.75, 3.05) is 19.6 Å². The van der Waals surface area contributed by atoms with Gasteiger partial charge in [-0.3, -0.25) is 4.79 Å². The van der Waals surface area contributed by atoms with E-state index < -0.39 is 11.7 Å². The van der Waals surface area contributed by atoms with E-state index in [-0.39, 0.29) is 17.2 Å². The third-order valence-electron chi connectivity index (χ3n) is 7.79. The van der Waals surface area contributed by atoms with Gasteiger partial charge in [-0.2, -0.15) is 13.2 Å². The Labute approximate surface area is 177 Å². The first-order valence-corrected chi connectivity index (χ1v) is 11.4. The molecule has 2 unspecified atom stereocenters. The van der Waals surface area contributed by atoms with Crippen LogP contribution in [0, 0.1) is 11.3 Å². The summed E-state index contributed by atoms with van der Waals surface area (Å²) in [6.07, 6.45) is 2.87. The average Bonchev–Trinajstić information content (AvgIpc) is 3.19. The van der Waals surface area contributed by atoms with Crippen molar-refractivity contribution in [2.24, 2.45) is 11.3 Å². The van der Waals surface area contributed by atoms with Gasteiger partial charge < -0.3 is 9.80 Å². The molecule has 3 aliphatic rings. The molecule has 166 valence electrons. The number of piperidine rings is 1. The van der Waals surface area contributed by atoms with E-state index in [2.05, 4.69) is 18.7 Å². The van der Waals surface area contributed by atoms with Gasteiger partial charge in [0.15, 0.2) is 0 Å². The van der Waals surface area contributed by atoms with Gasteiger partial charge in [-0.25, -0.2) is 0 Å². The van der Waals surface area contributed by atoms with Crippen LogP contribution >= 0.6 is 0 Å². The van der Waals surface area contributed by atoms with Gasteiger partial charge in [0.2, 0.25) is 5.91 Å². The molecular weight excluding hydrogens is 389 g/mol. The molecule has 1 saturated heterocycles. The Bertz CT molecular complexity index is 785. The van der Waals surface area contributed by atoms with E-state index in [0.29, 0.717) is 31.1 Å². The van der Waals surface area contributed by atoms with Crippen LogP contribution in [-0.2, 0) is 23.9 Å². The van der Waals surface area contributed by atoms with Crippen molar-refractivity contribution in [2.45, 2.75) is 77.6 Å².